The Hall–Kier alpha value is -1.64. The normalized spacial score (nSPS) is 25.8. The molecule has 1 atom stereocenters. The predicted molar refractivity (Wildman–Crippen MR) is 94.6 cm³/mol. The fourth-order valence-corrected chi connectivity index (χ4v) is 4.25. The molecule has 0 aliphatic carbocycles. The average molecular weight is 348 g/mol. The van der Waals surface area contributed by atoms with Gasteiger partial charge in [-0.15, -0.1) is 0 Å². The first kappa shape index (κ1) is 16.8. The molecule has 8 nitrogen and oxygen atoms in total. The number of rotatable bonds is 3. The zero-order valence-electron chi connectivity index (χ0n) is 15.2. The lowest BCUT2D eigenvalue weighted by Crippen LogP contribution is -2.63. The summed E-state index contributed by atoms with van der Waals surface area (Å²) < 4.78 is 7.50. The molecule has 3 aliphatic heterocycles. The number of piperazine rings is 2. The first-order valence-electron chi connectivity index (χ1n) is 9.23. The van der Waals surface area contributed by atoms with Crippen LogP contribution in [0.1, 0.15) is 11.3 Å². The number of aromatic nitrogens is 2. The van der Waals surface area contributed by atoms with Crippen LogP contribution in [0.2, 0.25) is 0 Å². The van der Waals surface area contributed by atoms with Crippen LogP contribution in [-0.2, 0) is 23.1 Å². The molecule has 3 saturated heterocycles. The number of nitrogens with one attached hydrogen (secondary N) is 1. The zero-order valence-corrected chi connectivity index (χ0v) is 15.2. The van der Waals surface area contributed by atoms with Gasteiger partial charge in [0, 0.05) is 65.0 Å². The summed E-state index contributed by atoms with van der Waals surface area (Å²) in [5, 5.41) is 7.66. The highest BCUT2D eigenvalue weighted by Crippen LogP contribution is 2.26. The number of anilines is 1. The Morgan fingerprint density at radius 2 is 2.00 bits per heavy atom. The number of hydrogen-bond donors (Lipinski definition) is 1. The Labute approximate surface area is 148 Å². The van der Waals surface area contributed by atoms with Gasteiger partial charge in [-0.1, -0.05) is 0 Å². The summed E-state index contributed by atoms with van der Waals surface area (Å²) in [5.41, 5.74) is 2.37. The second-order valence-electron chi connectivity index (χ2n) is 7.19. The topological polar surface area (TPSA) is 65.9 Å². The Kier molecular flexibility index (Phi) is 4.66. The molecule has 25 heavy (non-hydrogen) atoms. The van der Waals surface area contributed by atoms with Crippen molar-refractivity contribution in [1.29, 1.82) is 0 Å². The van der Waals surface area contributed by atoms with Crippen LogP contribution < -0.4 is 10.2 Å². The van der Waals surface area contributed by atoms with E-state index in [9.17, 15) is 4.79 Å². The number of amides is 1. The molecular weight excluding hydrogens is 320 g/mol. The number of aryl methyl sites for hydroxylation is 2. The van der Waals surface area contributed by atoms with Gasteiger partial charge in [-0.05, 0) is 6.92 Å². The second kappa shape index (κ2) is 6.93. The van der Waals surface area contributed by atoms with Crippen LogP contribution in [0.25, 0.3) is 0 Å². The number of hydrogen-bond acceptors (Lipinski definition) is 6. The lowest BCUT2D eigenvalue weighted by molar-refractivity contribution is -0.131. The summed E-state index contributed by atoms with van der Waals surface area (Å²) in [6, 6.07) is -0.00804. The number of carbonyl (C=O) groups is 1. The summed E-state index contributed by atoms with van der Waals surface area (Å²) in [5.74, 6) is 1.38. The molecule has 3 fully saturated rings. The first-order chi connectivity index (χ1) is 12.1. The van der Waals surface area contributed by atoms with Crippen LogP contribution in [0.15, 0.2) is 0 Å². The van der Waals surface area contributed by atoms with E-state index in [0.29, 0.717) is 0 Å². The molecule has 0 radical (unpaired) electrons. The van der Waals surface area contributed by atoms with Crippen molar-refractivity contribution in [3.05, 3.63) is 11.3 Å². The molecule has 0 unspecified atom stereocenters. The van der Waals surface area contributed by atoms with Gasteiger partial charge >= 0.3 is 0 Å². The number of ether oxygens (including phenoxy) is 1. The van der Waals surface area contributed by atoms with Crippen molar-refractivity contribution in [2.45, 2.75) is 19.5 Å². The Morgan fingerprint density at radius 1 is 1.20 bits per heavy atom. The van der Waals surface area contributed by atoms with E-state index >= 15 is 0 Å². The summed E-state index contributed by atoms with van der Waals surface area (Å²) in [4.78, 5) is 19.3. The van der Waals surface area contributed by atoms with E-state index in [2.05, 4.69) is 32.0 Å². The van der Waals surface area contributed by atoms with Crippen molar-refractivity contribution in [3.8, 4) is 0 Å². The second-order valence-corrected chi connectivity index (χ2v) is 7.19. The highest BCUT2D eigenvalue weighted by Gasteiger charge is 2.35. The molecule has 1 N–H and O–H groups in total. The van der Waals surface area contributed by atoms with Crippen molar-refractivity contribution in [2.75, 3.05) is 63.9 Å². The van der Waals surface area contributed by atoms with Gasteiger partial charge in [-0.2, -0.15) is 5.10 Å². The maximum Gasteiger partial charge on any atom is 0.238 e. The highest BCUT2D eigenvalue weighted by molar-refractivity contribution is 5.82. The number of fused-ring (bicyclic) bond motifs is 1. The van der Waals surface area contributed by atoms with Crippen molar-refractivity contribution in [1.82, 2.24) is 24.9 Å². The van der Waals surface area contributed by atoms with Crippen LogP contribution >= 0.6 is 0 Å². The third-order valence-electron chi connectivity index (χ3n) is 5.58. The highest BCUT2D eigenvalue weighted by atomic mass is 16.5. The van der Waals surface area contributed by atoms with Crippen molar-refractivity contribution >= 4 is 11.7 Å². The standard InChI is InChI=1S/C17H28N6O2/c1-13-14(17(20(2)19-13)23-7-9-25-10-8-23)11-21-5-6-22-4-3-18-16(24)15(22)12-21/h15H,3-12H2,1-2H3,(H,18,24)/t15-/m1/s1. The molecule has 0 bridgehead atoms. The molecule has 1 aromatic rings. The minimum absolute atomic E-state index is 0.00804. The molecule has 138 valence electrons. The van der Waals surface area contributed by atoms with E-state index in [0.717, 1.165) is 71.3 Å². The van der Waals surface area contributed by atoms with Crippen LogP contribution in [0, 0.1) is 6.92 Å². The number of carbonyl (C=O) groups excluding carboxylic acids is 1. The molecular formula is C17H28N6O2. The summed E-state index contributed by atoms with van der Waals surface area (Å²) in [6.07, 6.45) is 0. The molecule has 3 aliphatic rings. The Morgan fingerprint density at radius 3 is 2.80 bits per heavy atom. The zero-order chi connectivity index (χ0) is 17.4. The van der Waals surface area contributed by atoms with Gasteiger partial charge < -0.3 is 15.0 Å². The molecule has 0 spiro atoms. The van der Waals surface area contributed by atoms with Gasteiger partial charge in [0.1, 0.15) is 11.9 Å². The van der Waals surface area contributed by atoms with Gasteiger partial charge in [-0.25, -0.2) is 0 Å². The van der Waals surface area contributed by atoms with E-state index < -0.39 is 0 Å². The third-order valence-corrected chi connectivity index (χ3v) is 5.58. The Bertz CT molecular complexity index is 639. The molecule has 1 aromatic heterocycles. The molecule has 0 aromatic carbocycles. The van der Waals surface area contributed by atoms with Crippen LogP contribution in [0.4, 0.5) is 5.82 Å². The van der Waals surface area contributed by atoms with E-state index in [4.69, 9.17) is 4.74 Å². The van der Waals surface area contributed by atoms with E-state index in [1.54, 1.807) is 0 Å². The van der Waals surface area contributed by atoms with Gasteiger partial charge in [0.05, 0.1) is 18.9 Å². The molecule has 0 saturated carbocycles. The van der Waals surface area contributed by atoms with Crippen LogP contribution in [-0.4, -0.2) is 90.6 Å². The van der Waals surface area contributed by atoms with E-state index in [1.165, 1.54) is 11.4 Å². The molecule has 8 heteroatoms. The largest absolute Gasteiger partial charge is 0.378 e. The average Bonchev–Trinajstić information content (AvgIpc) is 2.90. The monoisotopic (exact) mass is 348 g/mol. The SMILES string of the molecule is Cc1nn(C)c(N2CCOCC2)c1CN1CCN2CCNC(=O)[C@H]2C1. The van der Waals surface area contributed by atoms with Gasteiger partial charge in [0.2, 0.25) is 5.91 Å². The first-order valence-corrected chi connectivity index (χ1v) is 9.23. The predicted octanol–water partition coefficient (Wildman–Crippen LogP) is -0.819. The maximum atomic E-state index is 12.2. The van der Waals surface area contributed by atoms with Gasteiger partial charge in [0.15, 0.2) is 0 Å². The lowest BCUT2D eigenvalue weighted by atomic mass is 10.1. The minimum atomic E-state index is -0.00804. The quantitative estimate of drug-likeness (QED) is 0.770. The molecule has 4 heterocycles. The van der Waals surface area contributed by atoms with Gasteiger partial charge in [-0.3, -0.25) is 19.3 Å². The summed E-state index contributed by atoms with van der Waals surface area (Å²) in [7, 11) is 2.02. The van der Waals surface area contributed by atoms with Crippen LogP contribution in [0.5, 0.6) is 0 Å². The number of morpholine rings is 1. The Balaban J connectivity index is 1.51. The lowest BCUT2D eigenvalue weighted by Gasteiger charge is -2.43. The van der Waals surface area contributed by atoms with E-state index in [1.807, 2.05) is 11.7 Å². The fraction of sp³-hybridized carbons (Fsp3) is 0.765. The van der Waals surface area contributed by atoms with Gasteiger partial charge in [0.25, 0.3) is 0 Å². The van der Waals surface area contributed by atoms with Crippen LogP contribution in [0.3, 0.4) is 0 Å². The summed E-state index contributed by atoms with van der Waals surface area (Å²) >= 11 is 0. The summed E-state index contributed by atoms with van der Waals surface area (Å²) in [6.45, 7) is 10.8. The third kappa shape index (κ3) is 3.26. The van der Waals surface area contributed by atoms with E-state index in [-0.39, 0.29) is 11.9 Å². The molecule has 4 rings (SSSR count). The number of nitrogens with zero attached hydrogens (tertiary/aromatic N) is 5. The minimum Gasteiger partial charge on any atom is -0.378 e. The molecule has 1 amide bonds. The smallest absolute Gasteiger partial charge is 0.238 e. The fourth-order valence-electron chi connectivity index (χ4n) is 4.25. The van der Waals surface area contributed by atoms with Crippen molar-refractivity contribution in [2.24, 2.45) is 7.05 Å². The maximum absolute atomic E-state index is 12.2. The van der Waals surface area contributed by atoms with Crippen molar-refractivity contribution < 1.29 is 9.53 Å². The van der Waals surface area contributed by atoms with Crippen molar-refractivity contribution in [3.63, 3.8) is 0 Å².